The Kier molecular flexibility index (Phi) is 5.88. The monoisotopic (exact) mass is 337 g/mol. The van der Waals surface area contributed by atoms with E-state index in [-0.39, 0.29) is 30.1 Å². The number of hydrogen-bond donors (Lipinski definition) is 2. The van der Waals surface area contributed by atoms with E-state index < -0.39 is 0 Å². The summed E-state index contributed by atoms with van der Waals surface area (Å²) in [6, 6.07) is 7.02. The third kappa shape index (κ3) is 4.61. The fourth-order valence-corrected chi connectivity index (χ4v) is 2.94. The number of anilines is 1. The quantitative estimate of drug-likeness (QED) is 0.826. The number of piperidine rings is 1. The van der Waals surface area contributed by atoms with Gasteiger partial charge in [0.1, 0.15) is 0 Å². The van der Waals surface area contributed by atoms with Crippen LogP contribution in [0.5, 0.6) is 0 Å². The van der Waals surface area contributed by atoms with E-state index in [1.807, 2.05) is 0 Å². The van der Waals surface area contributed by atoms with Gasteiger partial charge in [0.2, 0.25) is 5.91 Å². The molecule has 0 aromatic heterocycles. The molecule has 1 unspecified atom stereocenters. The van der Waals surface area contributed by atoms with Gasteiger partial charge in [-0.05, 0) is 49.8 Å². The Bertz CT molecular complexity index is 575. The van der Waals surface area contributed by atoms with Crippen molar-refractivity contribution < 1.29 is 9.59 Å². The Morgan fingerprint density at radius 3 is 2.74 bits per heavy atom. The third-order valence-corrected chi connectivity index (χ3v) is 4.47. The van der Waals surface area contributed by atoms with E-state index in [0.29, 0.717) is 30.3 Å². The molecular weight excluding hydrogens is 314 g/mol. The molecule has 3 rings (SSSR count). The van der Waals surface area contributed by atoms with Crippen LogP contribution in [-0.4, -0.2) is 36.3 Å². The number of halogens is 1. The van der Waals surface area contributed by atoms with Gasteiger partial charge < -0.3 is 16.0 Å². The number of carbonyl (C=O) groups is 2. The number of hydrogen-bond acceptors (Lipinski definition) is 3. The van der Waals surface area contributed by atoms with Gasteiger partial charge in [-0.25, -0.2) is 0 Å². The first-order valence-corrected chi connectivity index (χ1v) is 8.06. The van der Waals surface area contributed by atoms with Crippen LogP contribution in [0.3, 0.4) is 0 Å². The second kappa shape index (κ2) is 7.68. The number of nitrogens with two attached hydrogens (primary N) is 1. The van der Waals surface area contributed by atoms with Crippen molar-refractivity contribution in [2.75, 3.05) is 25.4 Å². The summed E-state index contributed by atoms with van der Waals surface area (Å²) in [4.78, 5) is 26.5. The lowest BCUT2D eigenvalue weighted by atomic mass is 9.96. The van der Waals surface area contributed by atoms with Crippen molar-refractivity contribution in [3.8, 4) is 0 Å². The van der Waals surface area contributed by atoms with E-state index in [1.165, 1.54) is 12.8 Å². The first-order valence-electron chi connectivity index (χ1n) is 8.06. The van der Waals surface area contributed by atoms with E-state index in [1.54, 1.807) is 29.2 Å². The van der Waals surface area contributed by atoms with E-state index in [4.69, 9.17) is 5.73 Å². The molecule has 1 aromatic rings. The van der Waals surface area contributed by atoms with Gasteiger partial charge in [0.25, 0.3) is 5.91 Å². The minimum absolute atomic E-state index is 0. The van der Waals surface area contributed by atoms with Crippen LogP contribution >= 0.6 is 12.4 Å². The summed E-state index contributed by atoms with van der Waals surface area (Å²) in [5.74, 6) is 0.652. The summed E-state index contributed by atoms with van der Waals surface area (Å²) in [6.45, 7) is 2.00. The zero-order valence-electron chi connectivity index (χ0n) is 13.2. The molecule has 0 spiro atoms. The molecule has 2 amide bonds. The molecule has 23 heavy (non-hydrogen) atoms. The first kappa shape index (κ1) is 17.6. The summed E-state index contributed by atoms with van der Waals surface area (Å²) >= 11 is 0. The van der Waals surface area contributed by atoms with Gasteiger partial charge in [-0.15, -0.1) is 12.4 Å². The molecule has 5 nitrogen and oxygen atoms in total. The highest BCUT2D eigenvalue weighted by Crippen LogP contribution is 2.28. The average Bonchev–Trinajstić information content (AvgIpc) is 3.36. The van der Waals surface area contributed by atoms with Crippen molar-refractivity contribution in [2.24, 2.45) is 11.8 Å². The number of likely N-dealkylation sites (tertiary alicyclic amines) is 1. The summed E-state index contributed by atoms with van der Waals surface area (Å²) < 4.78 is 0. The average molecular weight is 338 g/mol. The number of benzene rings is 1. The molecule has 1 atom stereocenters. The van der Waals surface area contributed by atoms with Gasteiger partial charge in [-0.3, -0.25) is 9.59 Å². The lowest BCUT2D eigenvalue weighted by Gasteiger charge is -2.32. The number of nitrogens with one attached hydrogen (secondary N) is 1. The molecule has 0 bridgehead atoms. The van der Waals surface area contributed by atoms with Crippen LogP contribution in [0.1, 0.15) is 36.0 Å². The molecule has 2 aliphatic rings. The van der Waals surface area contributed by atoms with Crippen LogP contribution in [0.15, 0.2) is 24.3 Å². The van der Waals surface area contributed by atoms with Crippen LogP contribution in [0.2, 0.25) is 0 Å². The van der Waals surface area contributed by atoms with Crippen LogP contribution in [0.4, 0.5) is 5.69 Å². The van der Waals surface area contributed by atoms with Crippen LogP contribution in [0, 0.1) is 11.8 Å². The van der Waals surface area contributed by atoms with Crippen LogP contribution in [-0.2, 0) is 4.79 Å². The van der Waals surface area contributed by atoms with Crippen molar-refractivity contribution in [1.82, 2.24) is 10.2 Å². The Balaban J connectivity index is 0.00000192. The summed E-state index contributed by atoms with van der Waals surface area (Å²) in [5.41, 5.74) is 6.92. The summed E-state index contributed by atoms with van der Waals surface area (Å²) in [7, 11) is 0. The van der Waals surface area contributed by atoms with Crippen molar-refractivity contribution in [1.29, 1.82) is 0 Å². The SMILES string of the molecule is Cl.Nc1cccc(C(=O)N2CCCC(C(=O)NCC3CC3)C2)c1. The lowest BCUT2D eigenvalue weighted by molar-refractivity contribution is -0.126. The molecule has 1 saturated carbocycles. The zero-order chi connectivity index (χ0) is 15.5. The standard InChI is InChI=1S/C17H23N3O2.ClH/c18-15-5-1-3-13(9-15)17(22)20-8-2-4-14(11-20)16(21)19-10-12-6-7-12;/h1,3,5,9,12,14H,2,4,6-8,10-11,18H2,(H,19,21);1H. The summed E-state index contributed by atoms with van der Waals surface area (Å²) in [5, 5.41) is 3.03. The van der Waals surface area contributed by atoms with Crippen molar-refractivity contribution >= 4 is 29.9 Å². The van der Waals surface area contributed by atoms with E-state index in [9.17, 15) is 9.59 Å². The molecule has 126 valence electrons. The van der Waals surface area contributed by atoms with Crippen molar-refractivity contribution in [3.63, 3.8) is 0 Å². The zero-order valence-corrected chi connectivity index (χ0v) is 14.0. The maximum atomic E-state index is 12.5. The highest BCUT2D eigenvalue weighted by Gasteiger charge is 2.30. The Morgan fingerprint density at radius 2 is 2.04 bits per heavy atom. The first-order chi connectivity index (χ1) is 10.6. The largest absolute Gasteiger partial charge is 0.399 e. The number of nitrogen functional groups attached to an aromatic ring is 1. The van der Waals surface area contributed by atoms with Gasteiger partial charge >= 0.3 is 0 Å². The Labute approximate surface area is 143 Å². The normalized spacial score (nSPS) is 20.5. The lowest BCUT2D eigenvalue weighted by Crippen LogP contribution is -2.45. The molecular formula is C17H24ClN3O2. The van der Waals surface area contributed by atoms with E-state index in [2.05, 4.69) is 5.32 Å². The molecule has 1 aromatic carbocycles. The van der Waals surface area contributed by atoms with Crippen molar-refractivity contribution in [3.05, 3.63) is 29.8 Å². The molecule has 3 N–H and O–H groups in total. The topological polar surface area (TPSA) is 75.4 Å². The van der Waals surface area contributed by atoms with E-state index in [0.717, 1.165) is 19.4 Å². The van der Waals surface area contributed by atoms with Gasteiger partial charge in [0, 0.05) is 30.9 Å². The number of carbonyl (C=O) groups excluding carboxylic acids is 2. The Morgan fingerprint density at radius 1 is 1.26 bits per heavy atom. The van der Waals surface area contributed by atoms with Crippen LogP contribution in [0.25, 0.3) is 0 Å². The molecule has 1 saturated heterocycles. The maximum absolute atomic E-state index is 12.5. The molecule has 6 heteroatoms. The van der Waals surface area contributed by atoms with Crippen LogP contribution < -0.4 is 11.1 Å². The molecule has 1 aliphatic heterocycles. The minimum atomic E-state index is -0.0856. The summed E-state index contributed by atoms with van der Waals surface area (Å²) in [6.07, 6.45) is 4.18. The fraction of sp³-hybridized carbons (Fsp3) is 0.529. The van der Waals surface area contributed by atoms with Gasteiger partial charge in [0.05, 0.1) is 5.92 Å². The minimum Gasteiger partial charge on any atom is -0.399 e. The van der Waals surface area contributed by atoms with Crippen molar-refractivity contribution in [2.45, 2.75) is 25.7 Å². The Hall–Kier alpha value is -1.75. The number of rotatable bonds is 4. The predicted molar refractivity (Wildman–Crippen MR) is 92.5 cm³/mol. The second-order valence-electron chi connectivity index (χ2n) is 6.40. The third-order valence-electron chi connectivity index (χ3n) is 4.47. The predicted octanol–water partition coefficient (Wildman–Crippen LogP) is 2.07. The smallest absolute Gasteiger partial charge is 0.253 e. The number of nitrogens with zero attached hydrogens (tertiary/aromatic N) is 1. The highest BCUT2D eigenvalue weighted by molar-refractivity contribution is 5.95. The highest BCUT2D eigenvalue weighted by atomic mass is 35.5. The molecule has 1 aliphatic carbocycles. The molecule has 2 fully saturated rings. The van der Waals surface area contributed by atoms with Gasteiger partial charge in [-0.2, -0.15) is 0 Å². The molecule has 1 heterocycles. The maximum Gasteiger partial charge on any atom is 0.253 e. The second-order valence-corrected chi connectivity index (χ2v) is 6.40. The van der Waals surface area contributed by atoms with Gasteiger partial charge in [-0.1, -0.05) is 6.07 Å². The molecule has 0 radical (unpaired) electrons. The number of amides is 2. The van der Waals surface area contributed by atoms with Gasteiger partial charge in [0.15, 0.2) is 0 Å². The fourth-order valence-electron chi connectivity index (χ4n) is 2.94. The van der Waals surface area contributed by atoms with E-state index >= 15 is 0 Å².